The number of carbonyl (C=O) groups is 1. The van der Waals surface area contributed by atoms with Crippen LogP contribution in [0, 0.1) is 6.92 Å². The van der Waals surface area contributed by atoms with Crippen LogP contribution in [0.4, 0.5) is 10.5 Å². The van der Waals surface area contributed by atoms with Crippen molar-refractivity contribution in [1.29, 1.82) is 0 Å². The normalized spacial score (nSPS) is 15.0. The van der Waals surface area contributed by atoms with Gasteiger partial charge < -0.3 is 10.6 Å². The number of pyridine rings is 1. The third kappa shape index (κ3) is 3.63. The van der Waals surface area contributed by atoms with Crippen LogP contribution in [0.1, 0.15) is 43.0 Å². The Hall–Kier alpha value is -2.37. The van der Waals surface area contributed by atoms with E-state index < -0.39 is 0 Å². The van der Waals surface area contributed by atoms with Gasteiger partial charge in [-0.2, -0.15) is 5.10 Å². The van der Waals surface area contributed by atoms with Gasteiger partial charge in [0.05, 0.1) is 30.2 Å². The summed E-state index contributed by atoms with van der Waals surface area (Å²) in [7, 11) is 0. The van der Waals surface area contributed by atoms with E-state index in [-0.39, 0.29) is 6.03 Å². The summed E-state index contributed by atoms with van der Waals surface area (Å²) < 4.78 is 1.96. The molecule has 0 aliphatic heterocycles. The highest BCUT2D eigenvalue weighted by molar-refractivity contribution is 5.88. The van der Waals surface area contributed by atoms with Crippen LogP contribution >= 0.6 is 0 Å². The minimum absolute atomic E-state index is 0.242. The Kier molecular flexibility index (Phi) is 4.37. The van der Waals surface area contributed by atoms with E-state index in [1.165, 1.54) is 25.7 Å². The number of anilines is 1. The van der Waals surface area contributed by atoms with Gasteiger partial charge in [-0.25, -0.2) is 4.79 Å². The zero-order chi connectivity index (χ0) is 15.4. The summed E-state index contributed by atoms with van der Waals surface area (Å²) in [6.07, 6.45) is 10.3. The van der Waals surface area contributed by atoms with Gasteiger partial charge in [-0.3, -0.25) is 9.67 Å². The topological polar surface area (TPSA) is 71.8 Å². The second-order valence-electron chi connectivity index (χ2n) is 5.78. The first-order chi connectivity index (χ1) is 10.7. The molecular formula is C16H21N5O. The molecule has 1 aliphatic carbocycles. The van der Waals surface area contributed by atoms with Gasteiger partial charge in [0.15, 0.2) is 0 Å². The van der Waals surface area contributed by atoms with Gasteiger partial charge in [0.25, 0.3) is 0 Å². The van der Waals surface area contributed by atoms with E-state index >= 15 is 0 Å². The molecule has 2 heterocycles. The summed E-state index contributed by atoms with van der Waals surface area (Å²) in [6.45, 7) is 2.39. The van der Waals surface area contributed by atoms with E-state index in [2.05, 4.69) is 20.7 Å². The van der Waals surface area contributed by atoms with E-state index in [0.717, 1.165) is 16.9 Å². The number of rotatable bonds is 4. The molecule has 0 bridgehead atoms. The number of hydrogen-bond donors (Lipinski definition) is 2. The molecule has 1 saturated carbocycles. The van der Waals surface area contributed by atoms with Crippen molar-refractivity contribution in [1.82, 2.24) is 20.1 Å². The Morgan fingerprint density at radius 3 is 2.86 bits per heavy atom. The Labute approximate surface area is 129 Å². The summed E-state index contributed by atoms with van der Waals surface area (Å²) in [4.78, 5) is 16.2. The van der Waals surface area contributed by atoms with Crippen molar-refractivity contribution in [3.05, 3.63) is 42.0 Å². The standard InChI is InChI=1S/C16H21N5O/c1-12-6-7-13(17-8-12)9-18-16(22)20-14-10-19-21(11-14)15-4-2-3-5-15/h6-8,10-11,15H,2-5,9H2,1H3,(H2,18,20,22). The lowest BCUT2D eigenvalue weighted by Crippen LogP contribution is -2.28. The monoisotopic (exact) mass is 299 g/mol. The quantitative estimate of drug-likeness (QED) is 0.911. The molecule has 2 aromatic rings. The van der Waals surface area contributed by atoms with Crippen molar-refractivity contribution in [2.24, 2.45) is 0 Å². The molecule has 22 heavy (non-hydrogen) atoms. The number of urea groups is 1. The SMILES string of the molecule is Cc1ccc(CNC(=O)Nc2cnn(C3CCCC3)c2)nc1. The molecule has 1 fully saturated rings. The van der Waals surface area contributed by atoms with E-state index in [1.807, 2.05) is 29.9 Å². The maximum atomic E-state index is 11.9. The van der Waals surface area contributed by atoms with Gasteiger partial charge in [0, 0.05) is 12.4 Å². The van der Waals surface area contributed by atoms with Crippen LogP contribution in [0.15, 0.2) is 30.7 Å². The van der Waals surface area contributed by atoms with Crippen LogP contribution in [-0.2, 0) is 6.54 Å². The van der Waals surface area contributed by atoms with E-state index in [9.17, 15) is 4.79 Å². The number of nitrogens with one attached hydrogen (secondary N) is 2. The predicted octanol–water partition coefficient (Wildman–Crippen LogP) is 3.02. The van der Waals surface area contributed by atoms with Crippen LogP contribution < -0.4 is 10.6 Å². The number of nitrogens with zero attached hydrogens (tertiary/aromatic N) is 3. The first-order valence-electron chi connectivity index (χ1n) is 7.71. The molecular weight excluding hydrogens is 278 g/mol. The molecule has 116 valence electrons. The summed E-state index contributed by atoms with van der Waals surface area (Å²) >= 11 is 0. The lowest BCUT2D eigenvalue weighted by molar-refractivity contribution is 0.251. The van der Waals surface area contributed by atoms with Crippen molar-refractivity contribution in [2.45, 2.75) is 45.2 Å². The first kappa shape index (κ1) is 14.6. The Balaban J connectivity index is 1.50. The molecule has 3 rings (SSSR count). The number of carbonyl (C=O) groups excluding carboxylic acids is 1. The minimum atomic E-state index is -0.242. The molecule has 2 amide bonds. The zero-order valence-corrected chi connectivity index (χ0v) is 12.7. The number of hydrogen-bond acceptors (Lipinski definition) is 3. The molecule has 0 aromatic carbocycles. The fraction of sp³-hybridized carbons (Fsp3) is 0.438. The van der Waals surface area contributed by atoms with Crippen molar-refractivity contribution in [2.75, 3.05) is 5.32 Å². The second-order valence-corrected chi connectivity index (χ2v) is 5.78. The third-order valence-corrected chi connectivity index (χ3v) is 3.96. The largest absolute Gasteiger partial charge is 0.332 e. The zero-order valence-electron chi connectivity index (χ0n) is 12.7. The molecule has 6 nitrogen and oxygen atoms in total. The molecule has 0 saturated heterocycles. The van der Waals surface area contributed by atoms with Gasteiger partial charge in [0.2, 0.25) is 0 Å². The van der Waals surface area contributed by atoms with Gasteiger partial charge >= 0.3 is 6.03 Å². The Morgan fingerprint density at radius 2 is 2.14 bits per heavy atom. The molecule has 0 atom stereocenters. The molecule has 2 N–H and O–H groups in total. The Morgan fingerprint density at radius 1 is 1.32 bits per heavy atom. The number of aryl methyl sites for hydroxylation is 1. The van der Waals surface area contributed by atoms with Crippen molar-refractivity contribution >= 4 is 11.7 Å². The summed E-state index contributed by atoms with van der Waals surface area (Å²) in [5.74, 6) is 0. The van der Waals surface area contributed by atoms with E-state index in [4.69, 9.17) is 0 Å². The minimum Gasteiger partial charge on any atom is -0.332 e. The smallest absolute Gasteiger partial charge is 0.319 e. The summed E-state index contributed by atoms with van der Waals surface area (Å²) in [6, 6.07) is 4.13. The molecule has 0 spiro atoms. The van der Waals surface area contributed by atoms with Crippen LogP contribution in [0.25, 0.3) is 0 Å². The highest BCUT2D eigenvalue weighted by Crippen LogP contribution is 2.29. The predicted molar refractivity (Wildman–Crippen MR) is 84.6 cm³/mol. The highest BCUT2D eigenvalue weighted by atomic mass is 16.2. The van der Waals surface area contributed by atoms with Crippen molar-refractivity contribution in [3.63, 3.8) is 0 Å². The fourth-order valence-electron chi connectivity index (χ4n) is 2.72. The molecule has 2 aromatic heterocycles. The van der Waals surface area contributed by atoms with Crippen LogP contribution in [-0.4, -0.2) is 20.8 Å². The number of aromatic nitrogens is 3. The fourth-order valence-corrected chi connectivity index (χ4v) is 2.72. The van der Waals surface area contributed by atoms with Crippen molar-refractivity contribution in [3.8, 4) is 0 Å². The van der Waals surface area contributed by atoms with E-state index in [1.54, 1.807) is 12.4 Å². The average Bonchev–Trinajstić information content (AvgIpc) is 3.17. The van der Waals surface area contributed by atoms with Gasteiger partial charge in [-0.15, -0.1) is 0 Å². The molecule has 0 unspecified atom stereocenters. The Bertz CT molecular complexity index is 628. The third-order valence-electron chi connectivity index (χ3n) is 3.96. The molecule has 0 radical (unpaired) electrons. The van der Waals surface area contributed by atoms with Gasteiger partial charge in [0.1, 0.15) is 0 Å². The molecule has 6 heteroatoms. The number of amides is 2. The average molecular weight is 299 g/mol. The lowest BCUT2D eigenvalue weighted by atomic mass is 10.3. The van der Waals surface area contributed by atoms with Gasteiger partial charge in [-0.05, 0) is 31.4 Å². The molecule has 1 aliphatic rings. The van der Waals surface area contributed by atoms with Crippen LogP contribution in [0.5, 0.6) is 0 Å². The maximum absolute atomic E-state index is 11.9. The maximum Gasteiger partial charge on any atom is 0.319 e. The van der Waals surface area contributed by atoms with Crippen LogP contribution in [0.3, 0.4) is 0 Å². The highest BCUT2D eigenvalue weighted by Gasteiger charge is 2.17. The van der Waals surface area contributed by atoms with Crippen molar-refractivity contribution < 1.29 is 4.79 Å². The first-order valence-corrected chi connectivity index (χ1v) is 7.71. The summed E-state index contributed by atoms with van der Waals surface area (Å²) in [5, 5.41) is 9.94. The second kappa shape index (κ2) is 6.60. The summed E-state index contributed by atoms with van der Waals surface area (Å²) in [5.41, 5.74) is 2.66. The van der Waals surface area contributed by atoms with E-state index in [0.29, 0.717) is 12.6 Å². The van der Waals surface area contributed by atoms with Crippen LogP contribution in [0.2, 0.25) is 0 Å². The van der Waals surface area contributed by atoms with Gasteiger partial charge in [-0.1, -0.05) is 18.9 Å². The lowest BCUT2D eigenvalue weighted by Gasteiger charge is -2.08.